The number of hydrogen-bond acceptors (Lipinski definition) is 5. The van der Waals surface area contributed by atoms with Gasteiger partial charge in [-0.05, 0) is 37.1 Å². The molecule has 0 aliphatic carbocycles. The predicted molar refractivity (Wildman–Crippen MR) is 117 cm³/mol. The lowest BCUT2D eigenvalue weighted by Crippen LogP contribution is -2.51. The molecule has 1 aromatic rings. The highest BCUT2D eigenvalue weighted by atomic mass is 35.5. The zero-order valence-corrected chi connectivity index (χ0v) is 18.8. The molecule has 0 saturated carbocycles. The molecule has 3 N–H and O–H groups in total. The Morgan fingerprint density at radius 2 is 1.81 bits per heavy atom. The molecule has 9 nitrogen and oxygen atoms in total. The topological polar surface area (TPSA) is 119 Å². The van der Waals surface area contributed by atoms with Gasteiger partial charge in [-0.15, -0.1) is 0 Å². The molecule has 3 rings (SSSR count). The Morgan fingerprint density at radius 1 is 1.16 bits per heavy atom. The average molecular weight is 453 g/mol. The lowest BCUT2D eigenvalue weighted by Gasteiger charge is -2.36. The second-order valence-electron chi connectivity index (χ2n) is 7.36. The third-order valence-corrected chi connectivity index (χ3v) is 5.80. The number of halogens is 1. The van der Waals surface area contributed by atoms with Gasteiger partial charge in [0.15, 0.2) is 0 Å². The molecule has 4 amide bonds. The van der Waals surface area contributed by atoms with E-state index < -0.39 is 29.9 Å². The smallest absolute Gasteiger partial charge is 0.322 e. The van der Waals surface area contributed by atoms with Crippen LogP contribution >= 0.6 is 11.6 Å². The van der Waals surface area contributed by atoms with Gasteiger partial charge in [-0.3, -0.25) is 19.7 Å². The summed E-state index contributed by atoms with van der Waals surface area (Å²) in [4.78, 5) is 51.2. The van der Waals surface area contributed by atoms with Gasteiger partial charge < -0.3 is 20.2 Å². The van der Waals surface area contributed by atoms with Crippen molar-refractivity contribution >= 4 is 41.1 Å². The number of imide groups is 1. The lowest BCUT2D eigenvalue weighted by molar-refractivity contribution is -0.142. The summed E-state index contributed by atoms with van der Waals surface area (Å²) in [5, 5.41) is 14.2. The van der Waals surface area contributed by atoms with Crippen LogP contribution in [-0.4, -0.2) is 65.5 Å². The van der Waals surface area contributed by atoms with E-state index in [1.807, 2.05) is 39.0 Å². The Morgan fingerprint density at radius 3 is 2.32 bits per heavy atom. The molecule has 0 aromatic heterocycles. The van der Waals surface area contributed by atoms with E-state index in [-0.39, 0.29) is 18.7 Å². The van der Waals surface area contributed by atoms with Crippen LogP contribution in [-0.2, 0) is 14.4 Å². The molecule has 2 saturated heterocycles. The number of urea groups is 1. The summed E-state index contributed by atoms with van der Waals surface area (Å²) < 4.78 is 0. The number of carboxylic acids is 1. The van der Waals surface area contributed by atoms with Crippen molar-refractivity contribution in [2.24, 2.45) is 0 Å². The van der Waals surface area contributed by atoms with E-state index >= 15 is 0 Å². The third-order valence-electron chi connectivity index (χ3n) is 5.37. The Labute approximate surface area is 186 Å². The van der Waals surface area contributed by atoms with E-state index in [0.717, 1.165) is 11.3 Å². The van der Waals surface area contributed by atoms with Crippen LogP contribution in [0.2, 0.25) is 5.02 Å². The first-order valence-electron chi connectivity index (χ1n) is 10.3. The number of carboxylic acid groups (broad SMARTS) is 1. The number of nitrogens with zero attached hydrogens (tertiary/aromatic N) is 2. The monoisotopic (exact) mass is 452 g/mol. The number of piperazine rings is 1. The number of carbonyl (C=O) groups excluding carboxylic acids is 3. The van der Waals surface area contributed by atoms with E-state index in [1.165, 1.54) is 0 Å². The van der Waals surface area contributed by atoms with Gasteiger partial charge in [0.25, 0.3) is 5.91 Å². The summed E-state index contributed by atoms with van der Waals surface area (Å²) in [5.41, 5.74) is 0.453. The van der Waals surface area contributed by atoms with Crippen LogP contribution in [0.25, 0.3) is 0 Å². The molecule has 0 bridgehead atoms. The number of carbonyl (C=O) groups is 4. The molecule has 10 heteroatoms. The Bertz CT molecular complexity index is 854. The Hall–Kier alpha value is -2.81. The second kappa shape index (κ2) is 10.5. The molecule has 2 aliphatic rings. The SMILES string of the molecule is CC.Cc1cc(N2CCN(C(=O)CCC3(CC(=O)O)NC(=O)NC3=O)CC2)ccc1Cl. The van der Waals surface area contributed by atoms with Gasteiger partial charge >= 0.3 is 12.0 Å². The van der Waals surface area contributed by atoms with Crippen molar-refractivity contribution in [2.75, 3.05) is 31.1 Å². The van der Waals surface area contributed by atoms with Crippen LogP contribution in [0.15, 0.2) is 18.2 Å². The van der Waals surface area contributed by atoms with Crippen molar-refractivity contribution in [3.05, 3.63) is 28.8 Å². The fourth-order valence-electron chi connectivity index (χ4n) is 3.69. The summed E-state index contributed by atoms with van der Waals surface area (Å²) in [6, 6.07) is 5.07. The summed E-state index contributed by atoms with van der Waals surface area (Å²) in [5.74, 6) is -2.10. The molecule has 2 aliphatic heterocycles. The normalized spacial score (nSPS) is 20.5. The molecule has 1 aromatic carbocycles. The number of anilines is 1. The van der Waals surface area contributed by atoms with Crippen LogP contribution in [0, 0.1) is 6.92 Å². The molecule has 1 unspecified atom stereocenters. The van der Waals surface area contributed by atoms with Crippen LogP contribution in [0.4, 0.5) is 10.5 Å². The Balaban J connectivity index is 0.00000166. The number of rotatable bonds is 6. The molecule has 0 radical (unpaired) electrons. The summed E-state index contributed by atoms with van der Waals surface area (Å²) >= 11 is 6.07. The maximum Gasteiger partial charge on any atom is 0.322 e. The first-order valence-corrected chi connectivity index (χ1v) is 10.7. The minimum Gasteiger partial charge on any atom is -0.481 e. The van der Waals surface area contributed by atoms with Gasteiger partial charge in [0, 0.05) is 43.3 Å². The van der Waals surface area contributed by atoms with Crippen LogP contribution in [0.5, 0.6) is 0 Å². The van der Waals surface area contributed by atoms with E-state index in [1.54, 1.807) is 4.90 Å². The van der Waals surface area contributed by atoms with Crippen molar-refractivity contribution in [1.82, 2.24) is 15.5 Å². The number of nitrogens with one attached hydrogen (secondary N) is 2. The fourth-order valence-corrected chi connectivity index (χ4v) is 3.81. The van der Waals surface area contributed by atoms with Crippen molar-refractivity contribution in [2.45, 2.75) is 45.6 Å². The maximum atomic E-state index is 12.6. The van der Waals surface area contributed by atoms with Gasteiger partial charge in [0.2, 0.25) is 5.91 Å². The van der Waals surface area contributed by atoms with E-state index in [0.29, 0.717) is 31.2 Å². The van der Waals surface area contributed by atoms with Gasteiger partial charge in [-0.2, -0.15) is 0 Å². The predicted octanol–water partition coefficient (Wildman–Crippen LogP) is 2.16. The zero-order valence-electron chi connectivity index (χ0n) is 18.0. The van der Waals surface area contributed by atoms with Crippen LogP contribution < -0.4 is 15.5 Å². The average Bonchev–Trinajstić information content (AvgIpc) is 3.02. The summed E-state index contributed by atoms with van der Waals surface area (Å²) in [6.07, 6.45) is -0.658. The summed E-state index contributed by atoms with van der Waals surface area (Å²) in [6.45, 7) is 8.29. The number of amides is 4. The maximum absolute atomic E-state index is 12.6. The molecule has 31 heavy (non-hydrogen) atoms. The molecular weight excluding hydrogens is 424 g/mol. The Kier molecular flexibility index (Phi) is 8.27. The lowest BCUT2D eigenvalue weighted by atomic mass is 9.89. The minimum atomic E-state index is -1.58. The third kappa shape index (κ3) is 5.88. The molecule has 0 spiro atoms. The highest BCUT2D eigenvalue weighted by Crippen LogP contribution is 2.25. The molecule has 2 fully saturated rings. The van der Waals surface area contributed by atoms with Crippen molar-refractivity contribution in [3.63, 3.8) is 0 Å². The van der Waals surface area contributed by atoms with Gasteiger partial charge in [-0.1, -0.05) is 25.4 Å². The number of aliphatic carboxylic acids is 1. The number of benzene rings is 1. The quantitative estimate of drug-likeness (QED) is 0.569. The van der Waals surface area contributed by atoms with Gasteiger partial charge in [0.05, 0.1) is 6.42 Å². The van der Waals surface area contributed by atoms with Crippen LogP contribution in [0.3, 0.4) is 0 Å². The second-order valence-corrected chi connectivity index (χ2v) is 7.77. The van der Waals surface area contributed by atoms with Gasteiger partial charge in [0.1, 0.15) is 5.54 Å². The molecule has 2 heterocycles. The van der Waals surface area contributed by atoms with E-state index in [9.17, 15) is 19.2 Å². The van der Waals surface area contributed by atoms with E-state index in [4.69, 9.17) is 16.7 Å². The first-order chi connectivity index (χ1) is 14.7. The van der Waals surface area contributed by atoms with Crippen molar-refractivity contribution < 1.29 is 24.3 Å². The minimum absolute atomic E-state index is 0.0268. The fraction of sp³-hybridized carbons (Fsp3) is 0.524. The standard InChI is InChI=1S/C19H23ClN4O5.C2H6/c1-12-10-13(2-3-14(12)20)23-6-8-24(9-7-23)15(25)4-5-19(11-16(26)27)17(28)21-18(29)22-19;1-2/h2-3,10H,4-9,11H2,1H3,(H,26,27)(H2,21,22,28,29);1-2H3. The highest BCUT2D eigenvalue weighted by molar-refractivity contribution is 6.31. The molecule has 1 atom stereocenters. The zero-order chi connectivity index (χ0) is 23.2. The van der Waals surface area contributed by atoms with E-state index in [2.05, 4.69) is 15.5 Å². The number of aryl methyl sites for hydroxylation is 1. The summed E-state index contributed by atoms with van der Waals surface area (Å²) in [7, 11) is 0. The molecule has 170 valence electrons. The van der Waals surface area contributed by atoms with Crippen LogP contribution in [0.1, 0.15) is 38.7 Å². The van der Waals surface area contributed by atoms with Crippen molar-refractivity contribution in [1.29, 1.82) is 0 Å². The van der Waals surface area contributed by atoms with Gasteiger partial charge in [-0.25, -0.2) is 4.79 Å². The largest absolute Gasteiger partial charge is 0.481 e. The molecular formula is C21H29ClN4O5. The number of hydrogen-bond donors (Lipinski definition) is 3. The van der Waals surface area contributed by atoms with Crippen molar-refractivity contribution in [3.8, 4) is 0 Å². The highest BCUT2D eigenvalue weighted by Gasteiger charge is 2.47. The first kappa shape index (κ1) is 24.5.